The fraction of sp³-hybridized carbons (Fsp3) is 0.650. The summed E-state index contributed by atoms with van der Waals surface area (Å²) in [6, 6.07) is 8.39. The molecule has 0 radical (unpaired) electrons. The molecule has 27 heavy (non-hydrogen) atoms. The Labute approximate surface area is 180 Å². The zero-order valence-corrected chi connectivity index (χ0v) is 18.9. The van der Waals surface area contributed by atoms with E-state index < -0.39 is 0 Å². The molecule has 7 heteroatoms. The Morgan fingerprint density at radius 3 is 2.70 bits per heavy atom. The summed E-state index contributed by atoms with van der Waals surface area (Å²) in [5.74, 6) is 1.77. The van der Waals surface area contributed by atoms with E-state index in [9.17, 15) is 0 Å². The molecule has 1 atom stereocenters. The van der Waals surface area contributed by atoms with E-state index in [4.69, 9.17) is 14.2 Å². The van der Waals surface area contributed by atoms with E-state index in [0.29, 0.717) is 26.4 Å². The Morgan fingerprint density at radius 2 is 1.93 bits per heavy atom. The number of guanidine groups is 1. The third-order valence-electron chi connectivity index (χ3n) is 4.13. The van der Waals surface area contributed by atoms with E-state index >= 15 is 0 Å². The molecule has 1 unspecified atom stereocenters. The predicted octanol–water partition coefficient (Wildman–Crippen LogP) is 3.52. The van der Waals surface area contributed by atoms with Crippen LogP contribution in [0, 0.1) is 0 Å². The van der Waals surface area contributed by atoms with Crippen molar-refractivity contribution < 1.29 is 14.2 Å². The summed E-state index contributed by atoms with van der Waals surface area (Å²) in [5, 5.41) is 6.82. The number of aliphatic imine (C=N–C) groups is 1. The number of ether oxygens (including phenoxy) is 3. The van der Waals surface area contributed by atoms with Crippen LogP contribution < -0.4 is 15.4 Å². The second kappa shape index (κ2) is 14.9. The molecule has 0 saturated carbocycles. The van der Waals surface area contributed by atoms with E-state index in [1.165, 1.54) is 5.56 Å². The van der Waals surface area contributed by atoms with Gasteiger partial charge in [0.05, 0.1) is 39.0 Å². The molecule has 0 aromatic heterocycles. The van der Waals surface area contributed by atoms with Crippen LogP contribution in [0.15, 0.2) is 29.3 Å². The lowest BCUT2D eigenvalue weighted by Crippen LogP contribution is -2.41. The third-order valence-corrected chi connectivity index (χ3v) is 4.13. The number of benzene rings is 1. The molecule has 1 aromatic carbocycles. The fourth-order valence-electron chi connectivity index (χ4n) is 2.77. The van der Waals surface area contributed by atoms with Crippen molar-refractivity contribution in [2.45, 2.75) is 39.2 Å². The molecule has 6 nitrogen and oxygen atoms in total. The lowest BCUT2D eigenvalue weighted by atomic mass is 10.0. The summed E-state index contributed by atoms with van der Waals surface area (Å²) in [5.41, 5.74) is 1.19. The smallest absolute Gasteiger partial charge is 0.191 e. The highest BCUT2D eigenvalue weighted by molar-refractivity contribution is 14.0. The summed E-state index contributed by atoms with van der Waals surface area (Å²) in [7, 11) is 0. The molecule has 0 aliphatic carbocycles. The standard InChI is InChI=1S/C20H33N3O3.HI/c1-3-5-12-24-15-16-25-14-11-22-20(21-4-2)23-18-10-13-26-19-9-7-6-8-17(18)19;/h6-9,18H,3-5,10-16H2,1-2H3,(H2,21,22,23);1H. The van der Waals surface area contributed by atoms with E-state index in [-0.39, 0.29) is 30.0 Å². The van der Waals surface area contributed by atoms with Crippen molar-refractivity contribution in [1.82, 2.24) is 10.6 Å². The number of unbranched alkanes of at least 4 members (excludes halogenated alkanes) is 1. The maximum Gasteiger partial charge on any atom is 0.191 e. The lowest BCUT2D eigenvalue weighted by Gasteiger charge is -2.28. The third kappa shape index (κ3) is 9.12. The zero-order valence-electron chi connectivity index (χ0n) is 16.5. The van der Waals surface area contributed by atoms with Crippen LogP contribution in [0.5, 0.6) is 5.75 Å². The van der Waals surface area contributed by atoms with Crippen LogP contribution in [0.1, 0.15) is 44.7 Å². The molecule has 2 N–H and O–H groups in total. The minimum Gasteiger partial charge on any atom is -0.493 e. The molecular weight excluding hydrogens is 457 g/mol. The Balaban J connectivity index is 0.00000364. The number of para-hydroxylation sites is 1. The fourth-order valence-corrected chi connectivity index (χ4v) is 2.77. The highest BCUT2D eigenvalue weighted by Gasteiger charge is 2.21. The van der Waals surface area contributed by atoms with E-state index in [1.807, 2.05) is 18.2 Å². The first-order valence-electron chi connectivity index (χ1n) is 9.77. The number of nitrogens with zero attached hydrogens (tertiary/aromatic N) is 1. The van der Waals surface area contributed by atoms with Crippen LogP contribution >= 0.6 is 24.0 Å². The molecular formula is C20H34IN3O3. The van der Waals surface area contributed by atoms with Crippen LogP contribution in [0.2, 0.25) is 0 Å². The second-order valence-corrected chi connectivity index (χ2v) is 6.21. The largest absolute Gasteiger partial charge is 0.493 e. The first-order valence-corrected chi connectivity index (χ1v) is 9.77. The maximum absolute atomic E-state index is 5.72. The van der Waals surface area contributed by atoms with Crippen molar-refractivity contribution in [3.05, 3.63) is 29.8 Å². The van der Waals surface area contributed by atoms with Crippen LogP contribution in [0.4, 0.5) is 0 Å². The molecule has 1 aliphatic rings. The van der Waals surface area contributed by atoms with E-state index in [1.54, 1.807) is 0 Å². The van der Waals surface area contributed by atoms with Crippen molar-refractivity contribution in [2.75, 3.05) is 46.1 Å². The quantitative estimate of drug-likeness (QED) is 0.215. The molecule has 0 bridgehead atoms. The van der Waals surface area contributed by atoms with Gasteiger partial charge in [-0.05, 0) is 19.4 Å². The van der Waals surface area contributed by atoms with E-state index in [0.717, 1.165) is 50.7 Å². The van der Waals surface area contributed by atoms with Gasteiger partial charge in [0, 0.05) is 25.1 Å². The molecule has 0 spiro atoms. The van der Waals surface area contributed by atoms with Crippen molar-refractivity contribution in [3.8, 4) is 5.75 Å². The van der Waals surface area contributed by atoms with Gasteiger partial charge >= 0.3 is 0 Å². The highest BCUT2D eigenvalue weighted by atomic mass is 127. The van der Waals surface area contributed by atoms with Gasteiger partial charge < -0.3 is 24.8 Å². The second-order valence-electron chi connectivity index (χ2n) is 6.21. The Hall–Kier alpha value is -1.06. The normalized spacial score (nSPS) is 16.1. The van der Waals surface area contributed by atoms with Crippen molar-refractivity contribution >= 4 is 29.9 Å². The number of rotatable bonds is 11. The van der Waals surface area contributed by atoms with Crippen LogP contribution in [-0.2, 0) is 9.47 Å². The van der Waals surface area contributed by atoms with Crippen molar-refractivity contribution in [2.24, 2.45) is 4.99 Å². The lowest BCUT2D eigenvalue weighted by molar-refractivity contribution is 0.0497. The molecule has 0 amide bonds. The van der Waals surface area contributed by atoms with Gasteiger partial charge in [0.1, 0.15) is 5.75 Å². The topological polar surface area (TPSA) is 64.1 Å². The average Bonchev–Trinajstić information content (AvgIpc) is 2.67. The summed E-state index contributed by atoms with van der Waals surface area (Å²) in [4.78, 5) is 4.62. The number of fused-ring (bicyclic) bond motifs is 1. The molecule has 154 valence electrons. The number of nitrogens with one attached hydrogen (secondary N) is 2. The van der Waals surface area contributed by atoms with Gasteiger partial charge in [-0.15, -0.1) is 24.0 Å². The predicted molar refractivity (Wildman–Crippen MR) is 120 cm³/mol. The average molecular weight is 491 g/mol. The molecule has 1 heterocycles. The summed E-state index contributed by atoms with van der Waals surface area (Å²) < 4.78 is 16.8. The molecule has 1 aliphatic heterocycles. The molecule has 0 fully saturated rings. The minimum absolute atomic E-state index is 0. The van der Waals surface area contributed by atoms with Gasteiger partial charge in [0.2, 0.25) is 0 Å². The minimum atomic E-state index is 0. The zero-order chi connectivity index (χ0) is 18.5. The summed E-state index contributed by atoms with van der Waals surface area (Å²) in [6.07, 6.45) is 3.19. The van der Waals surface area contributed by atoms with E-state index in [2.05, 4.69) is 35.5 Å². The maximum atomic E-state index is 5.72. The van der Waals surface area contributed by atoms with Crippen molar-refractivity contribution in [1.29, 1.82) is 0 Å². The monoisotopic (exact) mass is 491 g/mol. The van der Waals surface area contributed by atoms with Crippen LogP contribution in [0.3, 0.4) is 0 Å². The SMILES string of the molecule is CCCCOCCOCCN=C(NCC)NC1CCOc2ccccc21.I. The number of halogens is 1. The number of hydrogen-bond acceptors (Lipinski definition) is 4. The first-order chi connectivity index (χ1) is 12.8. The summed E-state index contributed by atoms with van der Waals surface area (Å²) in [6.45, 7) is 9.08. The van der Waals surface area contributed by atoms with Gasteiger partial charge in [0.25, 0.3) is 0 Å². The Bertz CT molecular complexity index is 543. The van der Waals surface area contributed by atoms with Gasteiger partial charge in [-0.25, -0.2) is 0 Å². The summed E-state index contributed by atoms with van der Waals surface area (Å²) >= 11 is 0. The van der Waals surface area contributed by atoms with Crippen LogP contribution in [-0.4, -0.2) is 52.1 Å². The van der Waals surface area contributed by atoms with Crippen LogP contribution in [0.25, 0.3) is 0 Å². The number of hydrogen-bond donors (Lipinski definition) is 2. The van der Waals surface area contributed by atoms with Gasteiger partial charge in [-0.2, -0.15) is 0 Å². The Morgan fingerprint density at radius 1 is 1.15 bits per heavy atom. The first kappa shape index (κ1) is 24.0. The van der Waals surface area contributed by atoms with Crippen molar-refractivity contribution in [3.63, 3.8) is 0 Å². The molecule has 2 rings (SSSR count). The van der Waals surface area contributed by atoms with Gasteiger partial charge in [0.15, 0.2) is 5.96 Å². The molecule has 0 saturated heterocycles. The molecule has 1 aromatic rings. The van der Waals surface area contributed by atoms with Gasteiger partial charge in [-0.3, -0.25) is 4.99 Å². The Kier molecular flexibility index (Phi) is 13.3. The van der Waals surface area contributed by atoms with Gasteiger partial charge in [-0.1, -0.05) is 31.5 Å². The highest BCUT2D eigenvalue weighted by Crippen LogP contribution is 2.31.